The Hall–Kier alpha value is -2.74. The molecule has 1 amide bonds. The van der Waals surface area contributed by atoms with Crippen LogP contribution in [0.25, 0.3) is 0 Å². The number of sulfonamides is 1. The Kier molecular flexibility index (Phi) is 5.12. The van der Waals surface area contributed by atoms with Crippen LogP contribution in [0.2, 0.25) is 0 Å². The van der Waals surface area contributed by atoms with E-state index in [0.29, 0.717) is 36.9 Å². The zero-order chi connectivity index (χ0) is 20.6. The van der Waals surface area contributed by atoms with Crippen LogP contribution in [-0.2, 0) is 21.2 Å². The van der Waals surface area contributed by atoms with Gasteiger partial charge in [0.15, 0.2) is 11.5 Å². The molecule has 0 bridgehead atoms. The van der Waals surface area contributed by atoms with Crippen molar-refractivity contribution < 1.29 is 22.7 Å². The first-order chi connectivity index (χ1) is 13.8. The number of nitrogens with zero attached hydrogens (tertiary/aromatic N) is 1. The third kappa shape index (κ3) is 3.89. The summed E-state index contributed by atoms with van der Waals surface area (Å²) in [5, 5.41) is 0. The molecule has 0 saturated carbocycles. The predicted molar refractivity (Wildman–Crippen MR) is 110 cm³/mol. The molecule has 8 heteroatoms. The minimum absolute atomic E-state index is 0.0396. The first-order valence-electron chi connectivity index (χ1n) is 9.72. The van der Waals surface area contributed by atoms with Crippen molar-refractivity contribution in [2.24, 2.45) is 5.92 Å². The van der Waals surface area contributed by atoms with Crippen LogP contribution in [0, 0.1) is 5.92 Å². The van der Waals surface area contributed by atoms with E-state index in [0.717, 1.165) is 24.1 Å². The molecule has 0 spiro atoms. The fourth-order valence-electron chi connectivity index (χ4n) is 3.58. The number of hydrogen-bond donors (Lipinski definition) is 1. The molecule has 154 valence electrons. The van der Waals surface area contributed by atoms with E-state index in [2.05, 4.69) is 4.72 Å². The summed E-state index contributed by atoms with van der Waals surface area (Å²) in [6.07, 6.45) is 1.76. The number of ether oxygens (including phenoxy) is 2. The number of hydrogen-bond acceptors (Lipinski definition) is 5. The van der Waals surface area contributed by atoms with Crippen LogP contribution in [0.4, 0.5) is 11.4 Å². The van der Waals surface area contributed by atoms with Gasteiger partial charge >= 0.3 is 0 Å². The highest BCUT2D eigenvalue weighted by atomic mass is 32.2. The average Bonchev–Trinajstić information content (AvgIpc) is 2.72. The van der Waals surface area contributed by atoms with Crippen LogP contribution in [0.3, 0.4) is 0 Å². The van der Waals surface area contributed by atoms with Crippen LogP contribution >= 0.6 is 0 Å². The molecule has 0 fully saturated rings. The number of benzene rings is 2. The highest BCUT2D eigenvalue weighted by molar-refractivity contribution is 7.92. The molecule has 2 heterocycles. The minimum Gasteiger partial charge on any atom is -0.486 e. The van der Waals surface area contributed by atoms with Crippen LogP contribution < -0.4 is 19.1 Å². The Morgan fingerprint density at radius 2 is 1.83 bits per heavy atom. The van der Waals surface area contributed by atoms with E-state index in [-0.39, 0.29) is 16.7 Å². The molecule has 2 aromatic rings. The summed E-state index contributed by atoms with van der Waals surface area (Å²) in [7, 11) is -3.82. The summed E-state index contributed by atoms with van der Waals surface area (Å²) in [5.41, 5.74) is 2.24. The van der Waals surface area contributed by atoms with Crippen LogP contribution in [0.15, 0.2) is 41.3 Å². The number of carbonyl (C=O) groups is 1. The summed E-state index contributed by atoms with van der Waals surface area (Å²) in [5.74, 6) is 0.863. The van der Waals surface area contributed by atoms with Crippen molar-refractivity contribution in [1.82, 2.24) is 0 Å². The van der Waals surface area contributed by atoms with E-state index in [9.17, 15) is 13.2 Å². The molecule has 7 nitrogen and oxygen atoms in total. The highest BCUT2D eigenvalue weighted by Crippen LogP contribution is 2.34. The summed E-state index contributed by atoms with van der Waals surface area (Å²) in [6.45, 7) is 5.20. The second-order valence-corrected chi connectivity index (χ2v) is 9.18. The summed E-state index contributed by atoms with van der Waals surface area (Å²) < 4.78 is 39.3. The Balaban J connectivity index is 1.63. The summed E-state index contributed by atoms with van der Waals surface area (Å²) in [6, 6.07) is 9.91. The first-order valence-corrected chi connectivity index (χ1v) is 11.2. The second-order valence-electron chi connectivity index (χ2n) is 7.50. The molecular formula is C21H24N2O5S. The molecule has 2 aromatic carbocycles. The molecule has 29 heavy (non-hydrogen) atoms. The molecule has 0 radical (unpaired) electrons. The van der Waals surface area contributed by atoms with Crippen molar-refractivity contribution in [3.05, 3.63) is 42.0 Å². The molecule has 0 unspecified atom stereocenters. The maximum absolute atomic E-state index is 12.9. The largest absolute Gasteiger partial charge is 0.486 e. The third-order valence-electron chi connectivity index (χ3n) is 5.04. The van der Waals surface area contributed by atoms with Crippen LogP contribution in [-0.4, -0.2) is 34.1 Å². The third-order valence-corrected chi connectivity index (χ3v) is 6.42. The molecule has 0 aliphatic carbocycles. The van der Waals surface area contributed by atoms with E-state index in [1.54, 1.807) is 23.1 Å². The normalized spacial score (nSPS) is 15.8. The molecule has 0 saturated heterocycles. The quantitative estimate of drug-likeness (QED) is 0.827. The average molecular weight is 416 g/mol. The van der Waals surface area contributed by atoms with Gasteiger partial charge in [-0.25, -0.2) is 8.42 Å². The van der Waals surface area contributed by atoms with Gasteiger partial charge in [-0.1, -0.05) is 19.9 Å². The van der Waals surface area contributed by atoms with Gasteiger partial charge in [0.1, 0.15) is 13.2 Å². The lowest BCUT2D eigenvalue weighted by Crippen LogP contribution is -2.38. The Morgan fingerprint density at radius 1 is 1.07 bits per heavy atom. The molecular weight excluding hydrogens is 392 g/mol. The number of rotatable bonds is 4. The molecule has 1 N–H and O–H groups in total. The zero-order valence-electron chi connectivity index (χ0n) is 16.5. The van der Waals surface area contributed by atoms with Crippen molar-refractivity contribution in [3.63, 3.8) is 0 Å². The molecule has 0 atom stereocenters. The van der Waals surface area contributed by atoms with E-state index < -0.39 is 10.0 Å². The van der Waals surface area contributed by atoms with E-state index >= 15 is 0 Å². The van der Waals surface area contributed by atoms with Gasteiger partial charge in [-0.2, -0.15) is 0 Å². The number of amides is 1. The number of aryl methyl sites for hydroxylation is 1. The van der Waals surface area contributed by atoms with Gasteiger partial charge in [0.2, 0.25) is 5.91 Å². The zero-order valence-corrected chi connectivity index (χ0v) is 17.3. The summed E-state index contributed by atoms with van der Waals surface area (Å²) in [4.78, 5) is 14.4. The van der Waals surface area contributed by atoms with E-state index in [1.807, 2.05) is 19.9 Å². The predicted octanol–water partition coefficient (Wildman–Crippen LogP) is 3.19. The van der Waals surface area contributed by atoms with E-state index in [4.69, 9.17) is 9.47 Å². The van der Waals surface area contributed by atoms with Crippen LogP contribution in [0.1, 0.15) is 25.8 Å². The van der Waals surface area contributed by atoms with Crippen molar-refractivity contribution >= 4 is 27.3 Å². The summed E-state index contributed by atoms with van der Waals surface area (Å²) >= 11 is 0. The van der Waals surface area contributed by atoms with E-state index in [1.165, 1.54) is 12.1 Å². The van der Waals surface area contributed by atoms with Crippen molar-refractivity contribution in [1.29, 1.82) is 0 Å². The van der Waals surface area contributed by atoms with Gasteiger partial charge in [0, 0.05) is 24.2 Å². The number of anilines is 2. The Morgan fingerprint density at radius 3 is 2.59 bits per heavy atom. The number of fused-ring (bicyclic) bond motifs is 2. The van der Waals surface area contributed by atoms with Crippen molar-refractivity contribution in [3.8, 4) is 11.5 Å². The van der Waals surface area contributed by atoms with Gasteiger partial charge in [0.05, 0.1) is 10.6 Å². The minimum atomic E-state index is -3.82. The lowest BCUT2D eigenvalue weighted by molar-refractivity contribution is -0.121. The monoisotopic (exact) mass is 416 g/mol. The highest BCUT2D eigenvalue weighted by Gasteiger charge is 2.26. The SMILES string of the molecule is CC(C)C(=O)N1CCCc2ccc(NS(=O)(=O)c3ccc4c(c3)OCCO4)cc21. The fourth-order valence-corrected chi connectivity index (χ4v) is 4.65. The molecule has 2 aliphatic rings. The van der Waals surface area contributed by atoms with Gasteiger partial charge in [-0.3, -0.25) is 9.52 Å². The molecule has 4 rings (SSSR count). The Labute approximate surface area is 170 Å². The van der Waals surface area contributed by atoms with Crippen LogP contribution in [0.5, 0.6) is 11.5 Å². The molecule has 2 aliphatic heterocycles. The van der Waals surface area contributed by atoms with Gasteiger partial charge in [0.25, 0.3) is 10.0 Å². The lowest BCUT2D eigenvalue weighted by Gasteiger charge is -2.31. The fraction of sp³-hybridized carbons (Fsp3) is 0.381. The van der Waals surface area contributed by atoms with Gasteiger partial charge < -0.3 is 14.4 Å². The Bertz CT molecular complexity index is 1050. The van der Waals surface area contributed by atoms with Gasteiger partial charge in [-0.15, -0.1) is 0 Å². The lowest BCUT2D eigenvalue weighted by atomic mass is 9.99. The van der Waals surface area contributed by atoms with Crippen molar-refractivity contribution in [2.45, 2.75) is 31.6 Å². The smallest absolute Gasteiger partial charge is 0.262 e. The topological polar surface area (TPSA) is 84.9 Å². The maximum atomic E-state index is 12.9. The first kappa shape index (κ1) is 19.6. The van der Waals surface area contributed by atoms with Crippen molar-refractivity contribution in [2.75, 3.05) is 29.4 Å². The maximum Gasteiger partial charge on any atom is 0.262 e. The molecule has 0 aromatic heterocycles. The number of nitrogens with one attached hydrogen (secondary N) is 1. The second kappa shape index (κ2) is 7.59. The standard InChI is InChI=1S/C21H24N2O5S/c1-14(2)21(24)23-9-3-4-15-5-6-16(12-18(15)23)22-29(25,26)17-7-8-19-20(13-17)28-11-10-27-19/h5-8,12-14,22H,3-4,9-11H2,1-2H3. The number of carbonyl (C=O) groups excluding carboxylic acids is 1. The van der Waals surface area contributed by atoms with Gasteiger partial charge in [-0.05, 0) is 42.7 Å².